The highest BCUT2D eigenvalue weighted by Crippen LogP contribution is 2.23. The molecular formula is C13H17ClN2O3. The fourth-order valence-corrected chi connectivity index (χ4v) is 1.49. The number of nitrogens with one attached hydrogen (secondary N) is 2. The summed E-state index contributed by atoms with van der Waals surface area (Å²) in [6, 6.07) is 4.60. The van der Waals surface area contributed by atoms with Crippen LogP contribution in [-0.2, 0) is 4.74 Å². The highest BCUT2D eigenvalue weighted by atomic mass is 35.5. The number of carbonyl (C=O) groups is 2. The minimum Gasteiger partial charge on any atom is -0.444 e. The van der Waals surface area contributed by atoms with Gasteiger partial charge in [-0.05, 0) is 39.0 Å². The van der Waals surface area contributed by atoms with Gasteiger partial charge in [0, 0.05) is 12.6 Å². The molecule has 6 heteroatoms. The summed E-state index contributed by atoms with van der Waals surface area (Å²) in [5.41, 5.74) is 0.129. The van der Waals surface area contributed by atoms with Gasteiger partial charge in [0.1, 0.15) is 5.60 Å². The Kier molecular flexibility index (Phi) is 4.78. The second-order valence-corrected chi connectivity index (χ2v) is 5.31. The third-order valence-corrected chi connectivity index (χ3v) is 2.42. The van der Waals surface area contributed by atoms with Crippen molar-refractivity contribution in [1.82, 2.24) is 5.32 Å². The van der Waals surface area contributed by atoms with Crippen molar-refractivity contribution >= 4 is 29.3 Å². The Labute approximate surface area is 117 Å². The average molecular weight is 285 g/mol. The second kappa shape index (κ2) is 5.93. The molecule has 19 heavy (non-hydrogen) atoms. The van der Waals surface area contributed by atoms with Gasteiger partial charge >= 0.3 is 6.09 Å². The second-order valence-electron chi connectivity index (χ2n) is 4.90. The fraction of sp³-hybridized carbons (Fsp3) is 0.385. The maximum atomic E-state index is 11.6. The van der Waals surface area contributed by atoms with E-state index in [-0.39, 0.29) is 5.91 Å². The largest absolute Gasteiger partial charge is 0.444 e. The quantitative estimate of drug-likeness (QED) is 0.877. The molecule has 0 aliphatic rings. The summed E-state index contributed by atoms with van der Waals surface area (Å²) in [7, 11) is 1.53. The molecule has 104 valence electrons. The van der Waals surface area contributed by atoms with Crippen molar-refractivity contribution in [2.75, 3.05) is 12.4 Å². The number of halogens is 1. The molecule has 2 amide bonds. The summed E-state index contributed by atoms with van der Waals surface area (Å²) in [6.45, 7) is 5.28. The maximum Gasteiger partial charge on any atom is 0.412 e. The molecule has 0 heterocycles. The lowest BCUT2D eigenvalue weighted by Crippen LogP contribution is -2.27. The molecule has 0 aromatic heterocycles. The SMILES string of the molecule is CNC(=O)c1ccc(Cl)c(NC(=O)OC(C)(C)C)c1. The third-order valence-electron chi connectivity index (χ3n) is 2.09. The first-order chi connectivity index (χ1) is 8.73. The smallest absolute Gasteiger partial charge is 0.412 e. The average Bonchev–Trinajstić information content (AvgIpc) is 2.28. The predicted octanol–water partition coefficient (Wildman–Crippen LogP) is 3.05. The normalized spacial score (nSPS) is 10.8. The van der Waals surface area contributed by atoms with Crippen LogP contribution in [0, 0.1) is 0 Å². The number of carbonyl (C=O) groups excluding carboxylic acids is 2. The first-order valence-corrected chi connectivity index (χ1v) is 6.12. The molecule has 0 saturated heterocycles. The first-order valence-electron chi connectivity index (χ1n) is 5.74. The zero-order chi connectivity index (χ0) is 14.6. The van der Waals surface area contributed by atoms with E-state index >= 15 is 0 Å². The van der Waals surface area contributed by atoms with Gasteiger partial charge in [0.15, 0.2) is 0 Å². The van der Waals surface area contributed by atoms with E-state index in [0.717, 1.165) is 0 Å². The number of amides is 2. The monoisotopic (exact) mass is 284 g/mol. The van der Waals surface area contributed by atoms with E-state index in [1.165, 1.54) is 13.1 Å². The molecule has 0 saturated carbocycles. The molecule has 5 nitrogen and oxygen atoms in total. The summed E-state index contributed by atoms with van der Waals surface area (Å²) in [5, 5.41) is 5.34. The van der Waals surface area contributed by atoms with Gasteiger partial charge in [0.2, 0.25) is 0 Å². The molecule has 1 aromatic carbocycles. The molecule has 1 rings (SSSR count). The minimum absolute atomic E-state index is 0.260. The van der Waals surface area contributed by atoms with Crippen LogP contribution in [-0.4, -0.2) is 24.6 Å². The topological polar surface area (TPSA) is 67.4 Å². The standard InChI is InChI=1S/C13H17ClN2O3/c1-13(2,3)19-12(18)16-10-7-8(11(17)15-4)5-6-9(10)14/h5-7H,1-4H3,(H,15,17)(H,16,18). The number of hydrogen-bond donors (Lipinski definition) is 2. The van der Waals surface area contributed by atoms with Gasteiger partial charge in [-0.2, -0.15) is 0 Å². The van der Waals surface area contributed by atoms with E-state index in [0.29, 0.717) is 16.3 Å². The fourth-order valence-electron chi connectivity index (χ4n) is 1.32. The van der Waals surface area contributed by atoms with Crippen LogP contribution in [0.1, 0.15) is 31.1 Å². The van der Waals surface area contributed by atoms with Crippen molar-refractivity contribution in [3.05, 3.63) is 28.8 Å². The predicted molar refractivity (Wildman–Crippen MR) is 74.7 cm³/mol. The van der Waals surface area contributed by atoms with Crippen LogP contribution in [0.5, 0.6) is 0 Å². The van der Waals surface area contributed by atoms with Crippen molar-refractivity contribution in [2.45, 2.75) is 26.4 Å². The van der Waals surface area contributed by atoms with Crippen molar-refractivity contribution < 1.29 is 14.3 Å². The third kappa shape index (κ3) is 4.79. The molecule has 0 bridgehead atoms. The summed E-state index contributed by atoms with van der Waals surface area (Å²) >= 11 is 5.96. The van der Waals surface area contributed by atoms with Crippen LogP contribution < -0.4 is 10.6 Å². The van der Waals surface area contributed by atoms with Crippen molar-refractivity contribution in [3.63, 3.8) is 0 Å². The lowest BCUT2D eigenvalue weighted by molar-refractivity contribution is 0.0635. The van der Waals surface area contributed by atoms with E-state index in [1.807, 2.05) is 0 Å². The highest BCUT2D eigenvalue weighted by molar-refractivity contribution is 6.33. The molecule has 2 N–H and O–H groups in total. The van der Waals surface area contributed by atoms with Gasteiger partial charge in [-0.3, -0.25) is 10.1 Å². The van der Waals surface area contributed by atoms with Crippen molar-refractivity contribution in [1.29, 1.82) is 0 Å². The highest BCUT2D eigenvalue weighted by Gasteiger charge is 2.17. The number of hydrogen-bond acceptors (Lipinski definition) is 3. The van der Waals surface area contributed by atoms with Crippen LogP contribution in [0.2, 0.25) is 5.02 Å². The molecule has 0 radical (unpaired) electrons. The van der Waals surface area contributed by atoms with Crippen LogP contribution >= 0.6 is 11.6 Å². The number of rotatable bonds is 2. The van der Waals surface area contributed by atoms with Crippen LogP contribution in [0.3, 0.4) is 0 Å². The van der Waals surface area contributed by atoms with E-state index in [2.05, 4.69) is 10.6 Å². The van der Waals surface area contributed by atoms with Gasteiger partial charge in [-0.25, -0.2) is 4.79 Å². The molecule has 0 atom stereocenters. The molecule has 1 aromatic rings. The summed E-state index contributed by atoms with van der Waals surface area (Å²) in [4.78, 5) is 23.1. The maximum absolute atomic E-state index is 11.6. The first kappa shape index (κ1) is 15.3. The Bertz CT molecular complexity index is 495. The van der Waals surface area contributed by atoms with Crippen LogP contribution in [0.15, 0.2) is 18.2 Å². The molecular weight excluding hydrogens is 268 g/mol. The zero-order valence-corrected chi connectivity index (χ0v) is 12.1. The zero-order valence-electron chi connectivity index (χ0n) is 11.3. The number of ether oxygens (including phenoxy) is 1. The van der Waals surface area contributed by atoms with E-state index in [4.69, 9.17) is 16.3 Å². The van der Waals surface area contributed by atoms with Crippen LogP contribution in [0.4, 0.5) is 10.5 Å². The Morgan fingerprint density at radius 2 is 1.89 bits per heavy atom. The molecule has 0 aliphatic carbocycles. The minimum atomic E-state index is -0.622. The Morgan fingerprint density at radius 3 is 2.42 bits per heavy atom. The Morgan fingerprint density at radius 1 is 1.26 bits per heavy atom. The summed E-state index contributed by atoms with van der Waals surface area (Å²) in [5.74, 6) is -0.260. The Hall–Kier alpha value is -1.75. The van der Waals surface area contributed by atoms with Gasteiger partial charge in [0.05, 0.1) is 10.7 Å². The Balaban J connectivity index is 2.88. The summed E-state index contributed by atoms with van der Waals surface area (Å²) < 4.78 is 5.11. The van der Waals surface area contributed by atoms with E-state index in [1.54, 1.807) is 32.9 Å². The lowest BCUT2D eigenvalue weighted by Gasteiger charge is -2.20. The lowest BCUT2D eigenvalue weighted by atomic mass is 10.2. The van der Waals surface area contributed by atoms with E-state index < -0.39 is 11.7 Å². The summed E-state index contributed by atoms with van der Waals surface area (Å²) in [6.07, 6.45) is -0.622. The van der Waals surface area contributed by atoms with Crippen molar-refractivity contribution in [3.8, 4) is 0 Å². The van der Waals surface area contributed by atoms with Crippen molar-refractivity contribution in [2.24, 2.45) is 0 Å². The van der Waals surface area contributed by atoms with Gasteiger partial charge in [-0.1, -0.05) is 11.6 Å². The molecule has 0 unspecified atom stereocenters. The number of anilines is 1. The molecule has 0 spiro atoms. The van der Waals surface area contributed by atoms with Gasteiger partial charge < -0.3 is 10.1 Å². The molecule has 0 fully saturated rings. The van der Waals surface area contributed by atoms with E-state index in [9.17, 15) is 9.59 Å². The van der Waals surface area contributed by atoms with Crippen LogP contribution in [0.25, 0.3) is 0 Å². The number of benzene rings is 1. The molecule has 0 aliphatic heterocycles. The van der Waals surface area contributed by atoms with Gasteiger partial charge in [-0.15, -0.1) is 0 Å². The van der Waals surface area contributed by atoms with Gasteiger partial charge in [0.25, 0.3) is 5.91 Å².